The Hall–Kier alpha value is -1.63. The number of furan rings is 1. The second kappa shape index (κ2) is 8.17. The van der Waals surface area contributed by atoms with Crippen LogP contribution in [0.25, 0.3) is 11.4 Å². The summed E-state index contributed by atoms with van der Waals surface area (Å²) in [4.78, 5) is 0. The molecule has 0 saturated heterocycles. The summed E-state index contributed by atoms with van der Waals surface area (Å²) in [5.74, 6) is 3.00. The summed E-state index contributed by atoms with van der Waals surface area (Å²) in [5, 5.41) is 10.5. The van der Waals surface area contributed by atoms with Crippen molar-refractivity contribution in [2.45, 2.75) is 25.5 Å². The normalized spacial score (nSPS) is 11.0. The lowest BCUT2D eigenvalue weighted by molar-refractivity contribution is 0.344. The lowest BCUT2D eigenvalue weighted by Gasteiger charge is -2.09. The Bertz CT molecular complexity index is 863. The second-order valence-corrected chi connectivity index (χ2v) is 7.12. The maximum atomic E-state index is 6.10. The van der Waals surface area contributed by atoms with Gasteiger partial charge < -0.3 is 13.7 Å². The van der Waals surface area contributed by atoms with Crippen LogP contribution < -0.4 is 4.74 Å². The number of ether oxygens (including phenoxy) is 1. The highest BCUT2D eigenvalue weighted by atomic mass is 35.5. The van der Waals surface area contributed by atoms with Crippen molar-refractivity contribution < 1.29 is 9.15 Å². The van der Waals surface area contributed by atoms with Gasteiger partial charge in [0.1, 0.15) is 11.5 Å². The van der Waals surface area contributed by atoms with E-state index < -0.39 is 0 Å². The molecule has 0 spiro atoms. The minimum Gasteiger partial charge on any atom is -0.491 e. The first-order valence-corrected chi connectivity index (χ1v) is 9.52. The summed E-state index contributed by atoms with van der Waals surface area (Å²) in [6, 6.07) is 7.09. The van der Waals surface area contributed by atoms with Crippen molar-refractivity contribution in [2.24, 2.45) is 0 Å². The Labute approximate surface area is 160 Å². The Morgan fingerprint density at radius 1 is 1.24 bits per heavy atom. The summed E-state index contributed by atoms with van der Waals surface area (Å²) in [6.45, 7) is 5.26. The average molecular weight is 398 g/mol. The van der Waals surface area contributed by atoms with Gasteiger partial charge in [0, 0.05) is 17.3 Å². The third-order valence-electron chi connectivity index (χ3n) is 3.60. The van der Waals surface area contributed by atoms with Crippen molar-refractivity contribution >= 4 is 35.0 Å². The topological polar surface area (TPSA) is 53.1 Å². The smallest absolute Gasteiger partial charge is 0.191 e. The molecular weight excluding hydrogens is 381 g/mol. The van der Waals surface area contributed by atoms with Gasteiger partial charge in [-0.25, -0.2) is 0 Å². The number of benzene rings is 1. The molecular formula is C17H17Cl2N3O2S. The first-order valence-electron chi connectivity index (χ1n) is 7.78. The molecule has 0 unspecified atom stereocenters. The summed E-state index contributed by atoms with van der Waals surface area (Å²) >= 11 is 13.6. The van der Waals surface area contributed by atoms with Gasteiger partial charge >= 0.3 is 0 Å². The van der Waals surface area contributed by atoms with E-state index in [0.29, 0.717) is 22.4 Å². The van der Waals surface area contributed by atoms with E-state index in [-0.39, 0.29) is 0 Å². The number of rotatable bonds is 7. The van der Waals surface area contributed by atoms with E-state index in [4.69, 9.17) is 32.4 Å². The zero-order valence-corrected chi connectivity index (χ0v) is 16.2. The highest BCUT2D eigenvalue weighted by Crippen LogP contribution is 2.29. The van der Waals surface area contributed by atoms with E-state index in [9.17, 15) is 0 Å². The molecule has 0 fully saturated rings. The molecule has 5 nitrogen and oxygen atoms in total. The molecule has 3 rings (SSSR count). The Kier molecular flexibility index (Phi) is 5.93. The maximum Gasteiger partial charge on any atom is 0.191 e. The van der Waals surface area contributed by atoms with Gasteiger partial charge in [0.25, 0.3) is 0 Å². The predicted octanol–water partition coefficient (Wildman–Crippen LogP) is 5.34. The molecule has 132 valence electrons. The maximum absolute atomic E-state index is 6.10. The molecule has 0 aliphatic carbocycles. The lowest BCUT2D eigenvalue weighted by atomic mass is 10.2. The molecule has 2 aromatic heterocycles. The van der Waals surface area contributed by atoms with Gasteiger partial charge in [-0.1, -0.05) is 35.0 Å². The largest absolute Gasteiger partial charge is 0.491 e. The monoisotopic (exact) mass is 397 g/mol. The van der Waals surface area contributed by atoms with E-state index in [1.165, 1.54) is 0 Å². The molecule has 25 heavy (non-hydrogen) atoms. The van der Waals surface area contributed by atoms with Crippen molar-refractivity contribution in [3.05, 3.63) is 46.3 Å². The lowest BCUT2D eigenvalue weighted by Crippen LogP contribution is -2.04. The van der Waals surface area contributed by atoms with Crippen molar-refractivity contribution in [1.82, 2.24) is 14.8 Å². The molecule has 0 bridgehead atoms. The molecule has 0 aliphatic heterocycles. The van der Waals surface area contributed by atoms with Crippen LogP contribution in [0.4, 0.5) is 0 Å². The molecule has 0 N–H and O–H groups in total. The highest BCUT2D eigenvalue weighted by molar-refractivity contribution is 7.99. The molecule has 0 aliphatic rings. The first-order chi connectivity index (χ1) is 12.1. The van der Waals surface area contributed by atoms with E-state index in [2.05, 4.69) is 21.7 Å². The quantitative estimate of drug-likeness (QED) is 0.397. The first kappa shape index (κ1) is 18.2. The number of nitrogens with zero attached hydrogens (tertiary/aromatic N) is 3. The molecule has 1 aromatic carbocycles. The molecule has 3 aromatic rings. The number of hydrogen-bond donors (Lipinski definition) is 0. The van der Waals surface area contributed by atoms with Gasteiger partial charge in [-0.3, -0.25) is 0 Å². The molecule has 8 heteroatoms. The standard InChI is InChI=1S/C17H17Cl2N3O2S/c1-3-22-16(13-6-7-23-11(13)2)20-21-17(22)25-9-8-24-15-5-4-12(18)10-14(15)19/h4-7,10H,3,8-9H2,1-2H3. The van der Waals surface area contributed by atoms with Crippen LogP contribution in [-0.4, -0.2) is 27.1 Å². The number of aromatic nitrogens is 3. The van der Waals surface area contributed by atoms with Crippen LogP contribution in [-0.2, 0) is 6.54 Å². The van der Waals surface area contributed by atoms with E-state index in [0.717, 1.165) is 34.6 Å². The predicted molar refractivity (Wildman–Crippen MR) is 101 cm³/mol. The fourth-order valence-electron chi connectivity index (χ4n) is 2.37. The highest BCUT2D eigenvalue weighted by Gasteiger charge is 2.16. The average Bonchev–Trinajstić information content (AvgIpc) is 3.18. The zero-order chi connectivity index (χ0) is 17.8. The molecule has 2 heterocycles. The number of aryl methyl sites for hydroxylation is 1. The van der Waals surface area contributed by atoms with Crippen LogP contribution in [0.3, 0.4) is 0 Å². The van der Waals surface area contributed by atoms with Gasteiger partial charge in [0.15, 0.2) is 11.0 Å². The third kappa shape index (κ3) is 4.14. The number of hydrogen-bond acceptors (Lipinski definition) is 5. The molecule has 0 saturated carbocycles. The van der Waals surface area contributed by atoms with Gasteiger partial charge in [-0.05, 0) is 38.1 Å². The number of halogens is 2. The minimum absolute atomic E-state index is 0.503. The van der Waals surface area contributed by atoms with Crippen LogP contribution in [0.5, 0.6) is 5.75 Å². The van der Waals surface area contributed by atoms with Crippen LogP contribution in [0, 0.1) is 6.92 Å². The van der Waals surface area contributed by atoms with Crippen LogP contribution in [0.1, 0.15) is 12.7 Å². The van der Waals surface area contributed by atoms with Crippen molar-refractivity contribution in [3.8, 4) is 17.1 Å². The van der Waals surface area contributed by atoms with E-state index in [1.54, 1.807) is 36.2 Å². The second-order valence-electron chi connectivity index (χ2n) is 5.21. The molecule has 0 atom stereocenters. The Balaban J connectivity index is 1.62. The van der Waals surface area contributed by atoms with Crippen LogP contribution in [0.2, 0.25) is 10.0 Å². The summed E-state index contributed by atoms with van der Waals surface area (Å²) < 4.78 is 13.1. The molecule has 0 amide bonds. The fourth-order valence-corrected chi connectivity index (χ4v) is 3.66. The summed E-state index contributed by atoms with van der Waals surface area (Å²) in [5.41, 5.74) is 0.963. The van der Waals surface area contributed by atoms with Crippen molar-refractivity contribution in [3.63, 3.8) is 0 Å². The van der Waals surface area contributed by atoms with Crippen LogP contribution in [0.15, 0.2) is 40.1 Å². The van der Waals surface area contributed by atoms with Crippen LogP contribution >= 0.6 is 35.0 Å². The Morgan fingerprint density at radius 3 is 2.76 bits per heavy atom. The molecule has 0 radical (unpaired) electrons. The number of thioether (sulfide) groups is 1. The minimum atomic E-state index is 0.503. The van der Waals surface area contributed by atoms with Gasteiger partial charge in [0.05, 0.1) is 23.5 Å². The summed E-state index contributed by atoms with van der Waals surface area (Å²) in [7, 11) is 0. The van der Waals surface area contributed by atoms with Crippen molar-refractivity contribution in [1.29, 1.82) is 0 Å². The van der Waals surface area contributed by atoms with E-state index in [1.807, 2.05) is 13.0 Å². The SMILES string of the molecule is CCn1c(SCCOc2ccc(Cl)cc2Cl)nnc1-c1ccoc1C. The zero-order valence-electron chi connectivity index (χ0n) is 13.8. The van der Waals surface area contributed by atoms with Gasteiger partial charge in [-0.2, -0.15) is 0 Å². The van der Waals surface area contributed by atoms with Gasteiger partial charge in [-0.15, -0.1) is 10.2 Å². The van der Waals surface area contributed by atoms with E-state index >= 15 is 0 Å². The summed E-state index contributed by atoms with van der Waals surface area (Å²) in [6.07, 6.45) is 1.66. The fraction of sp³-hybridized carbons (Fsp3) is 0.294. The van der Waals surface area contributed by atoms with Crippen molar-refractivity contribution in [2.75, 3.05) is 12.4 Å². The third-order valence-corrected chi connectivity index (χ3v) is 5.06. The Morgan fingerprint density at radius 2 is 2.08 bits per heavy atom. The van der Waals surface area contributed by atoms with Gasteiger partial charge in [0.2, 0.25) is 0 Å².